The predicted octanol–water partition coefficient (Wildman–Crippen LogP) is 5.06. The molecular formula is C17H22O. The minimum atomic E-state index is 0.592. The number of rotatable bonds is 4. The van der Waals surface area contributed by atoms with E-state index >= 15 is 0 Å². The molecule has 0 N–H and O–H groups in total. The van der Waals surface area contributed by atoms with Crippen LogP contribution < -0.4 is 4.74 Å². The van der Waals surface area contributed by atoms with Crippen LogP contribution in [-0.2, 0) is 0 Å². The van der Waals surface area contributed by atoms with Crippen LogP contribution in [0.15, 0.2) is 49.3 Å². The van der Waals surface area contributed by atoms with Crippen molar-refractivity contribution in [2.24, 2.45) is 5.92 Å². The standard InChI is InChI=1S/C17H22O/c1-4-14(3)18-17-11-9-16(10-12-17)15-7-5-13(2)6-8-15/h4,9-13,15H,1,3,5-8H2,2H3. The van der Waals surface area contributed by atoms with Crippen molar-refractivity contribution in [3.05, 3.63) is 54.8 Å². The Labute approximate surface area is 110 Å². The number of allylic oxidation sites excluding steroid dienone is 1. The topological polar surface area (TPSA) is 9.23 Å². The zero-order chi connectivity index (χ0) is 13.0. The van der Waals surface area contributed by atoms with Crippen LogP contribution in [0.1, 0.15) is 44.1 Å². The van der Waals surface area contributed by atoms with Gasteiger partial charge >= 0.3 is 0 Å². The highest BCUT2D eigenvalue weighted by Crippen LogP contribution is 2.35. The molecule has 1 nitrogen and oxygen atoms in total. The molecular weight excluding hydrogens is 220 g/mol. The minimum Gasteiger partial charge on any atom is -0.458 e. The largest absolute Gasteiger partial charge is 0.458 e. The van der Waals surface area contributed by atoms with Gasteiger partial charge in [-0.3, -0.25) is 0 Å². The molecule has 0 spiro atoms. The first-order chi connectivity index (χ1) is 8.69. The van der Waals surface area contributed by atoms with E-state index in [0.717, 1.165) is 17.6 Å². The summed E-state index contributed by atoms with van der Waals surface area (Å²) in [5.74, 6) is 3.07. The average Bonchev–Trinajstić information content (AvgIpc) is 2.40. The molecule has 96 valence electrons. The SMILES string of the molecule is C=CC(=C)Oc1ccc(C2CCC(C)CC2)cc1. The Kier molecular flexibility index (Phi) is 4.24. The summed E-state index contributed by atoms with van der Waals surface area (Å²) in [6.07, 6.45) is 6.98. The summed E-state index contributed by atoms with van der Waals surface area (Å²) >= 11 is 0. The fourth-order valence-electron chi connectivity index (χ4n) is 2.59. The highest BCUT2D eigenvalue weighted by atomic mass is 16.5. The molecule has 2 rings (SSSR count). The summed E-state index contributed by atoms with van der Waals surface area (Å²) in [6, 6.07) is 8.43. The molecule has 18 heavy (non-hydrogen) atoms. The van der Waals surface area contributed by atoms with Crippen LogP contribution in [0, 0.1) is 5.92 Å². The molecule has 0 amide bonds. The summed E-state index contributed by atoms with van der Waals surface area (Å²) < 4.78 is 5.51. The van der Waals surface area contributed by atoms with Crippen molar-refractivity contribution in [1.82, 2.24) is 0 Å². The van der Waals surface area contributed by atoms with Crippen molar-refractivity contribution in [2.75, 3.05) is 0 Å². The molecule has 1 aliphatic rings. The second-order valence-electron chi connectivity index (χ2n) is 5.30. The third-order valence-corrected chi connectivity index (χ3v) is 3.84. The number of hydrogen-bond donors (Lipinski definition) is 0. The van der Waals surface area contributed by atoms with Crippen LogP contribution in [0.4, 0.5) is 0 Å². The second-order valence-corrected chi connectivity index (χ2v) is 5.30. The monoisotopic (exact) mass is 242 g/mol. The van der Waals surface area contributed by atoms with E-state index in [1.807, 2.05) is 12.1 Å². The van der Waals surface area contributed by atoms with E-state index in [9.17, 15) is 0 Å². The molecule has 1 fully saturated rings. The number of ether oxygens (including phenoxy) is 1. The van der Waals surface area contributed by atoms with Gasteiger partial charge in [-0.05, 0) is 48.4 Å². The number of benzene rings is 1. The molecule has 1 aliphatic carbocycles. The Hall–Kier alpha value is -1.50. The zero-order valence-corrected chi connectivity index (χ0v) is 11.2. The van der Waals surface area contributed by atoms with Crippen molar-refractivity contribution in [3.63, 3.8) is 0 Å². The van der Waals surface area contributed by atoms with Crippen LogP contribution in [0.5, 0.6) is 5.75 Å². The Morgan fingerprint density at radius 1 is 1.17 bits per heavy atom. The average molecular weight is 242 g/mol. The normalized spacial score (nSPS) is 23.4. The van der Waals surface area contributed by atoms with E-state index in [1.165, 1.54) is 31.2 Å². The second kappa shape index (κ2) is 5.90. The van der Waals surface area contributed by atoms with Crippen LogP contribution >= 0.6 is 0 Å². The molecule has 0 radical (unpaired) electrons. The van der Waals surface area contributed by atoms with Crippen LogP contribution in [-0.4, -0.2) is 0 Å². The predicted molar refractivity (Wildman–Crippen MR) is 76.8 cm³/mol. The zero-order valence-electron chi connectivity index (χ0n) is 11.2. The van der Waals surface area contributed by atoms with Gasteiger partial charge in [0.05, 0.1) is 0 Å². The van der Waals surface area contributed by atoms with Crippen LogP contribution in [0.2, 0.25) is 0 Å². The molecule has 0 aliphatic heterocycles. The first kappa shape index (κ1) is 12.9. The maximum atomic E-state index is 5.51. The lowest BCUT2D eigenvalue weighted by Gasteiger charge is -2.26. The van der Waals surface area contributed by atoms with Crippen molar-refractivity contribution in [3.8, 4) is 5.75 Å². The van der Waals surface area contributed by atoms with Gasteiger partial charge in [0.1, 0.15) is 11.5 Å². The van der Waals surface area contributed by atoms with Gasteiger partial charge < -0.3 is 4.74 Å². The molecule has 1 heteroatoms. The van der Waals surface area contributed by atoms with Crippen LogP contribution in [0.25, 0.3) is 0 Å². The Morgan fingerprint density at radius 3 is 2.33 bits per heavy atom. The van der Waals surface area contributed by atoms with E-state index in [4.69, 9.17) is 4.74 Å². The molecule has 0 aromatic heterocycles. The third-order valence-electron chi connectivity index (χ3n) is 3.84. The minimum absolute atomic E-state index is 0.592. The first-order valence-corrected chi connectivity index (χ1v) is 6.78. The van der Waals surface area contributed by atoms with Gasteiger partial charge in [-0.25, -0.2) is 0 Å². The molecule has 0 saturated heterocycles. The van der Waals surface area contributed by atoms with E-state index in [-0.39, 0.29) is 0 Å². The van der Waals surface area contributed by atoms with Crippen molar-refractivity contribution in [1.29, 1.82) is 0 Å². The van der Waals surface area contributed by atoms with Crippen molar-refractivity contribution < 1.29 is 4.74 Å². The summed E-state index contributed by atoms with van der Waals surface area (Å²) in [4.78, 5) is 0. The fraction of sp³-hybridized carbons (Fsp3) is 0.412. The molecule has 0 heterocycles. The maximum Gasteiger partial charge on any atom is 0.127 e. The quantitative estimate of drug-likeness (QED) is 0.529. The van der Waals surface area contributed by atoms with Crippen molar-refractivity contribution >= 4 is 0 Å². The molecule has 0 unspecified atom stereocenters. The lowest BCUT2D eigenvalue weighted by molar-refractivity contribution is 0.347. The third kappa shape index (κ3) is 3.25. The van der Waals surface area contributed by atoms with Gasteiger partial charge in [0.25, 0.3) is 0 Å². The summed E-state index contributed by atoms with van der Waals surface area (Å²) in [5.41, 5.74) is 1.44. The highest BCUT2D eigenvalue weighted by molar-refractivity contribution is 5.31. The maximum absolute atomic E-state index is 5.51. The molecule has 1 aromatic carbocycles. The molecule has 1 aromatic rings. The van der Waals surface area contributed by atoms with Gasteiger partial charge in [-0.1, -0.05) is 45.1 Å². The lowest BCUT2D eigenvalue weighted by atomic mass is 9.79. The van der Waals surface area contributed by atoms with Gasteiger partial charge in [-0.2, -0.15) is 0 Å². The summed E-state index contributed by atoms with van der Waals surface area (Å²) in [5, 5.41) is 0. The van der Waals surface area contributed by atoms with Gasteiger partial charge in [0.15, 0.2) is 0 Å². The van der Waals surface area contributed by atoms with E-state index in [1.54, 1.807) is 6.08 Å². The van der Waals surface area contributed by atoms with Crippen molar-refractivity contribution in [2.45, 2.75) is 38.5 Å². The Balaban J connectivity index is 1.99. The smallest absolute Gasteiger partial charge is 0.127 e. The first-order valence-electron chi connectivity index (χ1n) is 6.78. The molecule has 0 atom stereocenters. The molecule has 0 bridgehead atoms. The highest BCUT2D eigenvalue weighted by Gasteiger charge is 2.19. The van der Waals surface area contributed by atoms with E-state index in [2.05, 4.69) is 32.2 Å². The molecule has 1 saturated carbocycles. The van der Waals surface area contributed by atoms with Gasteiger partial charge in [-0.15, -0.1) is 0 Å². The summed E-state index contributed by atoms with van der Waals surface area (Å²) in [6.45, 7) is 9.73. The Morgan fingerprint density at radius 2 is 1.78 bits per heavy atom. The summed E-state index contributed by atoms with van der Waals surface area (Å²) in [7, 11) is 0. The number of hydrogen-bond acceptors (Lipinski definition) is 1. The van der Waals surface area contributed by atoms with E-state index < -0.39 is 0 Å². The fourth-order valence-corrected chi connectivity index (χ4v) is 2.59. The van der Waals surface area contributed by atoms with Gasteiger partial charge in [0, 0.05) is 0 Å². The lowest BCUT2D eigenvalue weighted by Crippen LogP contribution is -2.10. The van der Waals surface area contributed by atoms with E-state index in [0.29, 0.717) is 5.76 Å². The Bertz CT molecular complexity index is 408. The van der Waals surface area contributed by atoms with Gasteiger partial charge in [0.2, 0.25) is 0 Å². The van der Waals surface area contributed by atoms with Crippen LogP contribution in [0.3, 0.4) is 0 Å².